The molecule has 3 aromatic rings. The number of imidazole rings is 1. The maximum absolute atomic E-state index is 14.3. The van der Waals surface area contributed by atoms with E-state index in [1.165, 1.54) is 0 Å². The number of aromatic nitrogens is 4. The largest absolute Gasteiger partial charge is 0.492 e. The molecule has 9 heteroatoms. The molecule has 0 atom stereocenters. The summed E-state index contributed by atoms with van der Waals surface area (Å²) >= 11 is 0. The predicted octanol–water partition coefficient (Wildman–Crippen LogP) is 3.25. The molecule has 1 aliphatic heterocycles. The molecule has 0 amide bonds. The van der Waals surface area contributed by atoms with Crippen LogP contribution in [0, 0.1) is 12.7 Å². The molecule has 0 radical (unpaired) electrons. The van der Waals surface area contributed by atoms with Gasteiger partial charge in [0, 0.05) is 43.8 Å². The minimum absolute atomic E-state index is 0.146. The number of nitrogens with zero attached hydrogens (tertiary/aromatic N) is 5. The number of aryl methyl sites for hydroxylation is 2. The number of anilines is 2. The van der Waals surface area contributed by atoms with Crippen molar-refractivity contribution in [1.82, 2.24) is 24.4 Å². The number of benzene rings is 1. The smallest absolute Gasteiger partial charge is 0.229 e. The highest BCUT2D eigenvalue weighted by Gasteiger charge is 2.16. The van der Waals surface area contributed by atoms with E-state index in [2.05, 4.69) is 32.1 Å². The number of aliphatic hydroxyl groups is 1. The van der Waals surface area contributed by atoms with Crippen molar-refractivity contribution in [2.45, 2.75) is 39.2 Å². The normalized spacial score (nSPS) is 15.1. The number of rotatable bonds is 8. The Kier molecular flexibility index (Phi) is 6.96. The Morgan fingerprint density at radius 1 is 1.22 bits per heavy atom. The zero-order valence-corrected chi connectivity index (χ0v) is 18.5. The molecule has 8 nitrogen and oxygen atoms in total. The van der Waals surface area contributed by atoms with Crippen molar-refractivity contribution in [3.8, 4) is 11.6 Å². The van der Waals surface area contributed by atoms with E-state index in [1.807, 2.05) is 18.2 Å². The highest BCUT2D eigenvalue weighted by Crippen LogP contribution is 2.24. The van der Waals surface area contributed by atoms with Crippen molar-refractivity contribution in [3.63, 3.8) is 0 Å². The van der Waals surface area contributed by atoms with Crippen molar-refractivity contribution in [2.24, 2.45) is 0 Å². The van der Waals surface area contributed by atoms with E-state index in [4.69, 9.17) is 4.74 Å². The Morgan fingerprint density at radius 3 is 2.75 bits per heavy atom. The van der Waals surface area contributed by atoms with E-state index in [0.717, 1.165) is 62.1 Å². The van der Waals surface area contributed by atoms with Crippen LogP contribution in [0.2, 0.25) is 0 Å². The zero-order chi connectivity index (χ0) is 22.5. The number of piperidine rings is 1. The molecule has 4 rings (SSSR count). The second-order valence-corrected chi connectivity index (χ2v) is 7.98. The Labute approximate surface area is 187 Å². The number of hydrogen-bond donors (Lipinski definition) is 2. The third-order valence-corrected chi connectivity index (χ3v) is 5.64. The van der Waals surface area contributed by atoms with Gasteiger partial charge in [-0.15, -0.1) is 0 Å². The first kappa shape index (κ1) is 22.2. The summed E-state index contributed by atoms with van der Waals surface area (Å²) in [7, 11) is 0. The lowest BCUT2D eigenvalue weighted by atomic mass is 10.1. The van der Waals surface area contributed by atoms with E-state index in [1.54, 1.807) is 23.9 Å². The number of aliphatic hydroxyl groups excluding tert-OH is 1. The van der Waals surface area contributed by atoms with Gasteiger partial charge in [0.25, 0.3) is 0 Å². The molecule has 2 aromatic heterocycles. The SMILES string of the molecule is CCc1cc(Nc2ncc(F)c(-n3ccnc3C)n2)cc(OCCN2CCC(O)CC2)c1. The number of halogens is 1. The first-order valence-corrected chi connectivity index (χ1v) is 11.0. The summed E-state index contributed by atoms with van der Waals surface area (Å²) in [4.78, 5) is 14.9. The summed E-state index contributed by atoms with van der Waals surface area (Å²) < 4.78 is 21.9. The van der Waals surface area contributed by atoms with Crippen molar-refractivity contribution >= 4 is 11.6 Å². The van der Waals surface area contributed by atoms with Gasteiger partial charge in [0.2, 0.25) is 5.95 Å². The molecular weight excluding hydrogens is 411 g/mol. The summed E-state index contributed by atoms with van der Waals surface area (Å²) in [5.41, 5.74) is 1.89. The minimum atomic E-state index is -0.520. The molecule has 170 valence electrons. The molecule has 0 aliphatic carbocycles. The molecule has 1 fully saturated rings. The van der Waals surface area contributed by atoms with Gasteiger partial charge in [-0.3, -0.25) is 9.47 Å². The van der Waals surface area contributed by atoms with Gasteiger partial charge in [-0.2, -0.15) is 4.98 Å². The van der Waals surface area contributed by atoms with Crippen LogP contribution in [-0.4, -0.2) is 61.9 Å². The second kappa shape index (κ2) is 10.1. The lowest BCUT2D eigenvalue weighted by Gasteiger charge is -2.29. The molecule has 0 saturated carbocycles. The van der Waals surface area contributed by atoms with Crippen LogP contribution in [0.25, 0.3) is 5.82 Å². The molecule has 0 spiro atoms. The molecule has 3 heterocycles. The molecule has 1 aromatic carbocycles. The van der Waals surface area contributed by atoms with Crippen molar-refractivity contribution in [1.29, 1.82) is 0 Å². The lowest BCUT2D eigenvalue weighted by Crippen LogP contribution is -2.38. The van der Waals surface area contributed by atoms with Crippen LogP contribution in [0.4, 0.5) is 16.0 Å². The van der Waals surface area contributed by atoms with Gasteiger partial charge in [0.05, 0.1) is 12.3 Å². The molecular formula is C23H29FN6O2. The van der Waals surface area contributed by atoms with E-state index in [-0.39, 0.29) is 11.9 Å². The maximum atomic E-state index is 14.3. The van der Waals surface area contributed by atoms with Gasteiger partial charge in [-0.1, -0.05) is 6.92 Å². The minimum Gasteiger partial charge on any atom is -0.492 e. The fraction of sp³-hybridized carbons (Fsp3) is 0.435. The zero-order valence-electron chi connectivity index (χ0n) is 18.5. The molecule has 32 heavy (non-hydrogen) atoms. The summed E-state index contributed by atoms with van der Waals surface area (Å²) in [5, 5.41) is 12.8. The third-order valence-electron chi connectivity index (χ3n) is 5.64. The van der Waals surface area contributed by atoms with E-state index in [9.17, 15) is 9.50 Å². The van der Waals surface area contributed by atoms with Gasteiger partial charge in [0.1, 0.15) is 18.2 Å². The Balaban J connectivity index is 1.45. The summed E-state index contributed by atoms with van der Waals surface area (Å²) in [5.74, 6) is 1.32. The van der Waals surface area contributed by atoms with Crippen molar-refractivity contribution < 1.29 is 14.2 Å². The van der Waals surface area contributed by atoms with Crippen LogP contribution in [0.15, 0.2) is 36.8 Å². The molecule has 2 N–H and O–H groups in total. The summed E-state index contributed by atoms with van der Waals surface area (Å²) in [6, 6.07) is 5.93. The Bertz CT molecular complexity index is 1050. The maximum Gasteiger partial charge on any atom is 0.229 e. The topological polar surface area (TPSA) is 88.3 Å². The van der Waals surface area contributed by atoms with Crippen molar-refractivity contribution in [3.05, 3.63) is 54.0 Å². The lowest BCUT2D eigenvalue weighted by molar-refractivity contribution is 0.0755. The van der Waals surface area contributed by atoms with Crippen LogP contribution in [0.3, 0.4) is 0 Å². The monoisotopic (exact) mass is 440 g/mol. The highest BCUT2D eigenvalue weighted by atomic mass is 19.1. The van der Waals surface area contributed by atoms with Crippen LogP contribution in [0.1, 0.15) is 31.2 Å². The van der Waals surface area contributed by atoms with E-state index >= 15 is 0 Å². The van der Waals surface area contributed by atoms with Crippen LogP contribution in [0.5, 0.6) is 5.75 Å². The Morgan fingerprint density at radius 2 is 2.03 bits per heavy atom. The van der Waals surface area contributed by atoms with Crippen LogP contribution >= 0.6 is 0 Å². The summed E-state index contributed by atoms with van der Waals surface area (Å²) in [6.45, 7) is 7.05. The van der Waals surface area contributed by atoms with Gasteiger partial charge >= 0.3 is 0 Å². The van der Waals surface area contributed by atoms with E-state index < -0.39 is 5.82 Å². The predicted molar refractivity (Wildman–Crippen MR) is 120 cm³/mol. The number of likely N-dealkylation sites (tertiary alicyclic amines) is 1. The first-order valence-electron chi connectivity index (χ1n) is 11.0. The molecule has 1 saturated heterocycles. The van der Waals surface area contributed by atoms with Crippen LogP contribution in [-0.2, 0) is 6.42 Å². The van der Waals surface area contributed by atoms with Crippen molar-refractivity contribution in [2.75, 3.05) is 31.6 Å². The van der Waals surface area contributed by atoms with Gasteiger partial charge in [-0.25, -0.2) is 14.4 Å². The molecule has 1 aliphatic rings. The van der Waals surface area contributed by atoms with Gasteiger partial charge < -0.3 is 15.2 Å². The Hall–Kier alpha value is -3.04. The quantitative estimate of drug-likeness (QED) is 0.556. The fourth-order valence-electron chi connectivity index (χ4n) is 3.77. The van der Waals surface area contributed by atoms with Gasteiger partial charge in [-0.05, 0) is 43.9 Å². The number of ether oxygens (including phenoxy) is 1. The summed E-state index contributed by atoms with van der Waals surface area (Å²) in [6.07, 6.45) is 6.73. The molecule has 0 bridgehead atoms. The van der Waals surface area contributed by atoms with E-state index in [0.29, 0.717) is 18.4 Å². The first-order chi connectivity index (χ1) is 15.5. The third kappa shape index (κ3) is 5.41. The van der Waals surface area contributed by atoms with Gasteiger partial charge in [0.15, 0.2) is 11.6 Å². The number of nitrogens with one attached hydrogen (secondary N) is 1. The fourth-order valence-corrected chi connectivity index (χ4v) is 3.77. The standard InChI is InChI=1S/C23H29FN6O2/c1-3-17-12-18(14-20(13-17)32-11-10-29-7-4-19(31)5-8-29)27-23-26-15-21(24)22(28-23)30-9-6-25-16(30)2/h6,9,12-15,19,31H,3-5,7-8,10-11H2,1-2H3,(H,26,27,28). The molecule has 0 unspecified atom stereocenters. The average Bonchev–Trinajstić information content (AvgIpc) is 3.22. The highest BCUT2D eigenvalue weighted by molar-refractivity contribution is 5.58. The second-order valence-electron chi connectivity index (χ2n) is 7.98. The average molecular weight is 441 g/mol. The number of hydrogen-bond acceptors (Lipinski definition) is 7. The van der Waals surface area contributed by atoms with Crippen LogP contribution < -0.4 is 10.1 Å².